The maximum atomic E-state index is 6.10. The zero-order valence-corrected chi connectivity index (χ0v) is 13.1. The van der Waals surface area contributed by atoms with Crippen LogP contribution >= 0.6 is 15.9 Å². The van der Waals surface area contributed by atoms with Crippen LogP contribution in [0.25, 0.3) is 16.6 Å². The Morgan fingerprint density at radius 3 is 2.90 bits per heavy atom. The molecule has 21 heavy (non-hydrogen) atoms. The lowest BCUT2D eigenvalue weighted by atomic mass is 10.0. The van der Waals surface area contributed by atoms with Crippen molar-refractivity contribution in [3.05, 3.63) is 46.6 Å². The third kappa shape index (κ3) is 2.03. The van der Waals surface area contributed by atoms with E-state index in [9.17, 15) is 0 Å². The fourth-order valence-electron chi connectivity index (χ4n) is 3.07. The van der Waals surface area contributed by atoms with E-state index in [1.165, 1.54) is 24.2 Å². The normalized spacial score (nSPS) is 14.3. The van der Waals surface area contributed by atoms with Crippen LogP contribution in [0.3, 0.4) is 0 Å². The van der Waals surface area contributed by atoms with E-state index in [1.807, 2.05) is 30.7 Å². The van der Waals surface area contributed by atoms with E-state index in [0.717, 1.165) is 39.6 Å². The van der Waals surface area contributed by atoms with Gasteiger partial charge in [0.2, 0.25) is 0 Å². The number of benzene rings is 1. The van der Waals surface area contributed by atoms with Crippen LogP contribution in [0.15, 0.2) is 35.2 Å². The number of imidazole rings is 1. The van der Waals surface area contributed by atoms with Crippen molar-refractivity contribution < 1.29 is 0 Å². The minimum atomic E-state index is 0.747. The molecule has 1 aromatic carbocycles. The van der Waals surface area contributed by atoms with Crippen LogP contribution in [-0.2, 0) is 12.8 Å². The van der Waals surface area contributed by atoms with Gasteiger partial charge >= 0.3 is 0 Å². The maximum absolute atomic E-state index is 6.10. The van der Waals surface area contributed by atoms with Crippen LogP contribution in [0.5, 0.6) is 0 Å². The van der Waals surface area contributed by atoms with Gasteiger partial charge in [0.05, 0.1) is 23.2 Å². The molecule has 0 saturated carbocycles. The third-order valence-corrected chi connectivity index (χ3v) is 4.55. The number of nitrogens with two attached hydrogens (primary N) is 1. The van der Waals surface area contributed by atoms with Crippen LogP contribution in [0.4, 0.5) is 5.69 Å². The summed E-state index contributed by atoms with van der Waals surface area (Å²) in [6, 6.07) is 6.00. The topological polar surface area (TPSA) is 56.7 Å². The second kappa shape index (κ2) is 4.84. The van der Waals surface area contributed by atoms with Gasteiger partial charge in [0.15, 0.2) is 0 Å². The van der Waals surface area contributed by atoms with Crippen molar-refractivity contribution in [2.24, 2.45) is 0 Å². The lowest BCUT2D eigenvalue weighted by Gasteiger charge is -2.15. The van der Waals surface area contributed by atoms with E-state index in [1.54, 1.807) is 0 Å². The molecule has 2 aromatic heterocycles. The van der Waals surface area contributed by atoms with Crippen LogP contribution < -0.4 is 5.73 Å². The highest BCUT2D eigenvalue weighted by Crippen LogP contribution is 2.30. The molecule has 1 aliphatic rings. The Hall–Kier alpha value is -1.88. The predicted octanol–water partition coefficient (Wildman–Crippen LogP) is 3.64. The van der Waals surface area contributed by atoms with Gasteiger partial charge in [-0.15, -0.1) is 0 Å². The van der Waals surface area contributed by atoms with Crippen molar-refractivity contribution in [1.29, 1.82) is 0 Å². The molecule has 4 nitrogen and oxygen atoms in total. The zero-order chi connectivity index (χ0) is 14.4. The number of halogens is 1. The fourth-order valence-corrected chi connectivity index (χ4v) is 3.40. The molecule has 106 valence electrons. The highest BCUT2D eigenvalue weighted by atomic mass is 79.9. The second-order valence-corrected chi connectivity index (χ2v) is 6.35. The van der Waals surface area contributed by atoms with E-state index in [2.05, 4.69) is 30.5 Å². The molecule has 0 aliphatic heterocycles. The van der Waals surface area contributed by atoms with Crippen LogP contribution in [0.1, 0.15) is 24.2 Å². The van der Waals surface area contributed by atoms with Gasteiger partial charge in [-0.05, 0) is 59.8 Å². The number of anilines is 1. The van der Waals surface area contributed by atoms with Gasteiger partial charge < -0.3 is 10.3 Å². The van der Waals surface area contributed by atoms with Crippen LogP contribution in [-0.4, -0.2) is 14.5 Å². The third-order valence-electron chi connectivity index (χ3n) is 4.12. The summed E-state index contributed by atoms with van der Waals surface area (Å²) in [6.45, 7) is 0. The number of hydrogen-bond donors (Lipinski definition) is 1. The number of pyridine rings is 1. The van der Waals surface area contributed by atoms with E-state index >= 15 is 0 Å². The van der Waals surface area contributed by atoms with Crippen molar-refractivity contribution in [2.75, 3.05) is 5.73 Å². The molecule has 0 amide bonds. The quantitative estimate of drug-likeness (QED) is 0.686. The summed E-state index contributed by atoms with van der Waals surface area (Å²) >= 11 is 3.46. The average Bonchev–Trinajstić information content (AvgIpc) is 2.92. The molecule has 0 unspecified atom stereocenters. The Balaban J connectivity index is 1.99. The molecule has 0 bridgehead atoms. The molecule has 2 heterocycles. The van der Waals surface area contributed by atoms with Gasteiger partial charge in [-0.25, -0.2) is 4.98 Å². The smallest absolute Gasteiger partial charge is 0.0998 e. The first-order chi connectivity index (χ1) is 10.2. The Morgan fingerprint density at radius 1 is 1.14 bits per heavy atom. The largest absolute Gasteiger partial charge is 0.398 e. The number of hydrogen-bond acceptors (Lipinski definition) is 3. The summed E-state index contributed by atoms with van der Waals surface area (Å²) < 4.78 is 3.11. The van der Waals surface area contributed by atoms with Gasteiger partial charge in [0.1, 0.15) is 0 Å². The molecule has 0 atom stereocenters. The van der Waals surface area contributed by atoms with Gasteiger partial charge in [0.25, 0.3) is 0 Å². The standard InChI is InChI=1S/C16H15BrN4/c17-10-7-11-12(18)5-6-15(16(11)19-8-10)21-9-20-13-3-1-2-4-14(13)21/h5-9H,1-4,18H2. The Labute approximate surface area is 131 Å². The van der Waals surface area contributed by atoms with E-state index in [0.29, 0.717) is 0 Å². The lowest BCUT2D eigenvalue weighted by molar-refractivity contribution is 0.656. The number of aryl methyl sites for hydroxylation is 1. The first-order valence-corrected chi connectivity index (χ1v) is 7.92. The molecule has 2 N–H and O–H groups in total. The first-order valence-electron chi connectivity index (χ1n) is 7.13. The first kappa shape index (κ1) is 12.8. The monoisotopic (exact) mass is 342 g/mol. The number of nitrogen functional groups attached to an aromatic ring is 1. The molecule has 3 aromatic rings. The molecule has 4 rings (SSSR count). The minimum Gasteiger partial charge on any atom is -0.398 e. The highest BCUT2D eigenvalue weighted by molar-refractivity contribution is 9.10. The molecule has 0 spiro atoms. The lowest BCUT2D eigenvalue weighted by Crippen LogP contribution is -2.07. The van der Waals surface area contributed by atoms with Crippen molar-refractivity contribution >= 4 is 32.5 Å². The van der Waals surface area contributed by atoms with Crippen molar-refractivity contribution in [3.8, 4) is 5.69 Å². The molecule has 0 saturated heterocycles. The van der Waals surface area contributed by atoms with Crippen molar-refractivity contribution in [1.82, 2.24) is 14.5 Å². The predicted molar refractivity (Wildman–Crippen MR) is 87.6 cm³/mol. The van der Waals surface area contributed by atoms with Gasteiger partial charge in [-0.1, -0.05) is 0 Å². The summed E-state index contributed by atoms with van der Waals surface area (Å²) in [5.41, 5.74) is 11.4. The summed E-state index contributed by atoms with van der Waals surface area (Å²) in [4.78, 5) is 9.15. The van der Waals surface area contributed by atoms with E-state index in [-0.39, 0.29) is 0 Å². The summed E-state index contributed by atoms with van der Waals surface area (Å²) in [5, 5.41) is 0.972. The molecule has 5 heteroatoms. The van der Waals surface area contributed by atoms with Crippen LogP contribution in [0.2, 0.25) is 0 Å². The number of aromatic nitrogens is 3. The Morgan fingerprint density at radius 2 is 2.00 bits per heavy atom. The molecular weight excluding hydrogens is 328 g/mol. The Bertz CT molecular complexity index is 838. The molecule has 0 fully saturated rings. The fraction of sp³-hybridized carbons (Fsp3) is 0.250. The maximum Gasteiger partial charge on any atom is 0.0998 e. The summed E-state index contributed by atoms with van der Waals surface area (Å²) in [6.07, 6.45) is 8.35. The number of nitrogens with zero attached hydrogens (tertiary/aromatic N) is 3. The van der Waals surface area contributed by atoms with Gasteiger partial charge in [-0.2, -0.15) is 0 Å². The summed E-state index contributed by atoms with van der Waals surface area (Å²) in [7, 11) is 0. The van der Waals surface area contributed by atoms with Crippen molar-refractivity contribution in [3.63, 3.8) is 0 Å². The highest BCUT2D eigenvalue weighted by Gasteiger charge is 2.18. The average molecular weight is 343 g/mol. The van der Waals surface area contributed by atoms with E-state index in [4.69, 9.17) is 5.73 Å². The van der Waals surface area contributed by atoms with Crippen molar-refractivity contribution in [2.45, 2.75) is 25.7 Å². The Kier molecular flexibility index (Phi) is 2.96. The molecular formula is C16H15BrN4. The van der Waals surface area contributed by atoms with Gasteiger partial charge in [-0.3, -0.25) is 4.98 Å². The minimum absolute atomic E-state index is 0.747. The van der Waals surface area contributed by atoms with Crippen LogP contribution in [0, 0.1) is 0 Å². The van der Waals surface area contributed by atoms with Gasteiger partial charge in [0, 0.05) is 27.4 Å². The zero-order valence-electron chi connectivity index (χ0n) is 11.5. The second-order valence-electron chi connectivity index (χ2n) is 5.44. The number of fused-ring (bicyclic) bond motifs is 2. The SMILES string of the molecule is Nc1ccc(-n2cnc3c2CCCC3)c2ncc(Br)cc12. The number of rotatable bonds is 1. The molecule has 1 aliphatic carbocycles. The van der Waals surface area contributed by atoms with E-state index < -0.39 is 0 Å². The summed E-state index contributed by atoms with van der Waals surface area (Å²) in [5.74, 6) is 0. The molecule has 0 radical (unpaired) electrons.